The van der Waals surface area contributed by atoms with Gasteiger partial charge in [-0.3, -0.25) is 4.79 Å². The number of amides is 1. The molecule has 0 bridgehead atoms. The average Bonchev–Trinajstić information content (AvgIpc) is 2.31. The molecule has 0 saturated heterocycles. The second kappa shape index (κ2) is 9.67. The van der Waals surface area contributed by atoms with Crippen LogP contribution in [-0.2, 0) is 28.9 Å². The van der Waals surface area contributed by atoms with Crippen LogP contribution in [0, 0.1) is 0 Å². The maximum atomic E-state index is 11.7. The molecule has 0 heterocycles. The quantitative estimate of drug-likeness (QED) is 0.472. The van der Waals surface area contributed by atoms with E-state index in [0.717, 1.165) is 6.92 Å². The lowest BCUT2D eigenvalue weighted by Crippen LogP contribution is -2.44. The predicted octanol–water partition coefficient (Wildman–Crippen LogP) is -0.956. The summed E-state index contributed by atoms with van der Waals surface area (Å²) < 4.78 is 33.3. The van der Waals surface area contributed by atoms with Crippen LogP contribution in [0.15, 0.2) is 0 Å². The highest BCUT2D eigenvalue weighted by atomic mass is 32.2. The maximum Gasteiger partial charge on any atom is 0.327 e. The molecule has 9 heteroatoms. The molecule has 20 heavy (non-hydrogen) atoms. The molecule has 1 amide bonds. The van der Waals surface area contributed by atoms with Crippen molar-refractivity contribution in [1.29, 1.82) is 0 Å². The molecule has 1 atom stereocenters. The number of rotatable bonds is 11. The van der Waals surface area contributed by atoms with E-state index < -0.39 is 33.5 Å². The van der Waals surface area contributed by atoms with Crippen LogP contribution in [0.4, 0.5) is 0 Å². The first kappa shape index (κ1) is 18.8. The third kappa shape index (κ3) is 9.70. The molecular formula is C11H21NO7S. The molecule has 118 valence electrons. The fraction of sp³-hybridized carbons (Fsp3) is 0.818. The van der Waals surface area contributed by atoms with Gasteiger partial charge in [-0.1, -0.05) is 0 Å². The van der Waals surface area contributed by atoms with Gasteiger partial charge >= 0.3 is 5.97 Å². The summed E-state index contributed by atoms with van der Waals surface area (Å²) in [4.78, 5) is 21.6. The molecule has 0 aliphatic carbocycles. The Labute approximate surface area is 118 Å². The molecular weight excluding hydrogens is 290 g/mol. The Morgan fingerprint density at radius 3 is 2.40 bits per heavy atom. The number of sulfone groups is 1. The largest absolute Gasteiger partial charge is 0.480 e. The van der Waals surface area contributed by atoms with Crippen molar-refractivity contribution in [3.8, 4) is 0 Å². The zero-order chi connectivity index (χ0) is 15.6. The summed E-state index contributed by atoms with van der Waals surface area (Å²) in [6, 6.07) is -1.42. The number of carboxylic acid groups (broad SMARTS) is 1. The lowest BCUT2D eigenvalue weighted by Gasteiger charge is -2.13. The van der Waals surface area contributed by atoms with Gasteiger partial charge in [-0.05, 0) is 6.42 Å². The fourth-order valence-electron chi connectivity index (χ4n) is 1.38. The lowest BCUT2D eigenvalue weighted by molar-refractivity contribution is -0.140. The number of hydrogen-bond donors (Lipinski definition) is 2. The van der Waals surface area contributed by atoms with Crippen molar-refractivity contribution < 1.29 is 32.6 Å². The first-order valence-electron chi connectivity index (χ1n) is 6.05. The second-order valence-corrected chi connectivity index (χ2v) is 6.39. The summed E-state index contributed by atoms with van der Waals surface area (Å²) in [5.74, 6) is -2.78. The molecule has 0 rings (SSSR count). The van der Waals surface area contributed by atoms with Gasteiger partial charge < -0.3 is 19.9 Å². The Morgan fingerprint density at radius 2 is 1.90 bits per heavy atom. The number of ether oxygens (including phenoxy) is 2. The molecule has 2 N–H and O–H groups in total. The van der Waals surface area contributed by atoms with Crippen LogP contribution in [0.25, 0.3) is 0 Å². The van der Waals surface area contributed by atoms with Crippen molar-refractivity contribution in [1.82, 2.24) is 5.32 Å². The van der Waals surface area contributed by atoms with Gasteiger partial charge in [0.1, 0.15) is 6.04 Å². The summed E-state index contributed by atoms with van der Waals surface area (Å²) in [5, 5.41) is 10.9. The van der Waals surface area contributed by atoms with Crippen molar-refractivity contribution in [2.75, 3.05) is 38.4 Å². The molecule has 0 spiro atoms. The standard InChI is InChI=1S/C11H21NO7S/c1-9(13)12-10(11(14)15)8-20(16,17)7-3-4-19-6-5-18-2/h10H,3-8H2,1-2H3,(H,12,13)(H,14,15)/t10-/m0/s1. The van der Waals surface area contributed by atoms with Crippen LogP contribution in [0.2, 0.25) is 0 Å². The van der Waals surface area contributed by atoms with E-state index >= 15 is 0 Å². The lowest BCUT2D eigenvalue weighted by atomic mass is 10.3. The minimum atomic E-state index is -3.57. The summed E-state index contributed by atoms with van der Waals surface area (Å²) in [6.07, 6.45) is 0.262. The Bertz CT molecular complexity index is 407. The highest BCUT2D eigenvalue weighted by Crippen LogP contribution is 1.99. The smallest absolute Gasteiger partial charge is 0.327 e. The van der Waals surface area contributed by atoms with E-state index in [1.807, 2.05) is 0 Å². The van der Waals surface area contributed by atoms with Crippen molar-refractivity contribution in [3.05, 3.63) is 0 Å². The molecule has 0 unspecified atom stereocenters. The van der Waals surface area contributed by atoms with Gasteiger partial charge in [-0.25, -0.2) is 13.2 Å². The third-order valence-corrected chi connectivity index (χ3v) is 4.02. The van der Waals surface area contributed by atoms with Crippen molar-refractivity contribution in [2.24, 2.45) is 0 Å². The number of nitrogens with one attached hydrogen (secondary N) is 1. The van der Waals surface area contributed by atoms with Crippen LogP contribution in [0.3, 0.4) is 0 Å². The van der Waals surface area contributed by atoms with Gasteiger partial charge in [-0.15, -0.1) is 0 Å². The highest BCUT2D eigenvalue weighted by molar-refractivity contribution is 7.91. The Kier molecular flexibility index (Phi) is 9.10. The van der Waals surface area contributed by atoms with E-state index in [2.05, 4.69) is 5.32 Å². The van der Waals surface area contributed by atoms with E-state index in [1.165, 1.54) is 7.11 Å². The molecule has 0 aromatic carbocycles. The number of carboxylic acids is 1. The van der Waals surface area contributed by atoms with Crippen LogP contribution in [0.1, 0.15) is 13.3 Å². The minimum absolute atomic E-state index is 0.191. The van der Waals surface area contributed by atoms with Gasteiger partial charge in [0.25, 0.3) is 0 Å². The molecule has 8 nitrogen and oxygen atoms in total. The highest BCUT2D eigenvalue weighted by Gasteiger charge is 2.25. The minimum Gasteiger partial charge on any atom is -0.480 e. The zero-order valence-electron chi connectivity index (χ0n) is 11.6. The van der Waals surface area contributed by atoms with Crippen LogP contribution in [-0.4, -0.2) is 69.9 Å². The van der Waals surface area contributed by atoms with Crippen LogP contribution >= 0.6 is 0 Å². The topological polar surface area (TPSA) is 119 Å². The van der Waals surface area contributed by atoms with Gasteiger partial charge in [0.15, 0.2) is 9.84 Å². The first-order chi connectivity index (χ1) is 9.28. The number of hydrogen-bond acceptors (Lipinski definition) is 6. The van der Waals surface area contributed by atoms with E-state index in [-0.39, 0.29) is 18.8 Å². The molecule has 0 radical (unpaired) electrons. The van der Waals surface area contributed by atoms with E-state index in [9.17, 15) is 18.0 Å². The van der Waals surface area contributed by atoms with E-state index in [4.69, 9.17) is 14.6 Å². The van der Waals surface area contributed by atoms with Gasteiger partial charge in [0.2, 0.25) is 5.91 Å². The maximum absolute atomic E-state index is 11.7. The Morgan fingerprint density at radius 1 is 1.25 bits per heavy atom. The zero-order valence-corrected chi connectivity index (χ0v) is 12.4. The van der Waals surface area contributed by atoms with Crippen molar-refractivity contribution in [2.45, 2.75) is 19.4 Å². The first-order valence-corrected chi connectivity index (χ1v) is 7.87. The van der Waals surface area contributed by atoms with Gasteiger partial charge in [0.05, 0.1) is 24.7 Å². The normalized spacial score (nSPS) is 12.9. The van der Waals surface area contributed by atoms with Crippen LogP contribution < -0.4 is 5.32 Å². The third-order valence-electron chi connectivity index (χ3n) is 2.27. The molecule has 0 aliphatic heterocycles. The van der Waals surface area contributed by atoms with Crippen LogP contribution in [0.5, 0.6) is 0 Å². The van der Waals surface area contributed by atoms with Crippen molar-refractivity contribution in [3.63, 3.8) is 0 Å². The molecule has 0 aliphatic rings. The van der Waals surface area contributed by atoms with Crippen molar-refractivity contribution >= 4 is 21.7 Å². The van der Waals surface area contributed by atoms with Gasteiger partial charge in [-0.2, -0.15) is 0 Å². The Balaban J connectivity index is 4.15. The molecule has 0 aromatic rings. The number of methoxy groups -OCH3 is 1. The number of carbonyl (C=O) groups excluding carboxylic acids is 1. The summed E-state index contributed by atoms with van der Waals surface area (Å²) in [7, 11) is -2.04. The summed E-state index contributed by atoms with van der Waals surface area (Å²) >= 11 is 0. The fourth-order valence-corrected chi connectivity index (χ4v) is 2.84. The summed E-state index contributed by atoms with van der Waals surface area (Å²) in [6.45, 7) is 2.18. The Hall–Kier alpha value is -1.19. The molecule has 0 saturated carbocycles. The van der Waals surface area contributed by atoms with Gasteiger partial charge in [0, 0.05) is 20.6 Å². The average molecular weight is 311 g/mol. The molecule has 0 aromatic heterocycles. The monoisotopic (exact) mass is 311 g/mol. The summed E-state index contributed by atoms with van der Waals surface area (Å²) in [5.41, 5.74) is 0. The second-order valence-electron chi connectivity index (χ2n) is 4.16. The predicted molar refractivity (Wildman–Crippen MR) is 71.2 cm³/mol. The number of carbonyl (C=O) groups is 2. The number of aliphatic carboxylic acids is 1. The van der Waals surface area contributed by atoms with E-state index in [0.29, 0.717) is 13.2 Å². The van der Waals surface area contributed by atoms with E-state index in [1.54, 1.807) is 0 Å². The SMILES string of the molecule is COCCOCCCS(=O)(=O)C[C@H](NC(C)=O)C(=O)O. The molecule has 0 fully saturated rings.